The summed E-state index contributed by atoms with van der Waals surface area (Å²) in [6, 6.07) is 8.43. The van der Waals surface area contributed by atoms with Gasteiger partial charge in [-0.2, -0.15) is 0 Å². The fraction of sp³-hybridized carbons (Fsp3) is 0.250. The first-order chi connectivity index (χ1) is 11.7. The third-order valence-electron chi connectivity index (χ3n) is 3.78. The quantitative estimate of drug-likeness (QED) is 0.919. The lowest BCUT2D eigenvalue weighted by atomic mass is 10.2. The van der Waals surface area contributed by atoms with Crippen LogP contribution >= 0.6 is 0 Å². The van der Waals surface area contributed by atoms with Crippen LogP contribution in [-0.4, -0.2) is 38.0 Å². The Morgan fingerprint density at radius 1 is 1.25 bits per heavy atom. The normalized spacial score (nSPS) is 18.6. The van der Waals surface area contributed by atoms with Crippen molar-refractivity contribution in [3.63, 3.8) is 0 Å². The van der Waals surface area contributed by atoms with Gasteiger partial charge in [0.2, 0.25) is 6.79 Å². The van der Waals surface area contributed by atoms with Crippen LogP contribution in [0.1, 0.15) is 10.6 Å². The van der Waals surface area contributed by atoms with Gasteiger partial charge in [-0.15, -0.1) is 0 Å². The van der Waals surface area contributed by atoms with Gasteiger partial charge in [-0.3, -0.25) is 9.69 Å². The van der Waals surface area contributed by atoms with Crippen molar-refractivity contribution >= 4 is 17.7 Å². The number of carbonyl (C=O) groups is 2. The minimum atomic E-state index is -0.467. The van der Waals surface area contributed by atoms with E-state index in [9.17, 15) is 9.59 Å². The molecule has 8 nitrogen and oxygen atoms in total. The Kier molecular flexibility index (Phi) is 3.49. The molecular weight excluding hydrogens is 316 g/mol. The van der Waals surface area contributed by atoms with Gasteiger partial charge in [-0.25, -0.2) is 4.79 Å². The summed E-state index contributed by atoms with van der Waals surface area (Å²) in [4.78, 5) is 25.4. The molecule has 3 heterocycles. The van der Waals surface area contributed by atoms with Crippen LogP contribution in [0.2, 0.25) is 0 Å². The lowest BCUT2D eigenvalue weighted by Crippen LogP contribution is -2.34. The van der Waals surface area contributed by atoms with Crippen molar-refractivity contribution in [2.45, 2.75) is 6.10 Å². The van der Waals surface area contributed by atoms with Gasteiger partial charge in [0.05, 0.1) is 25.0 Å². The molecule has 8 heteroatoms. The summed E-state index contributed by atoms with van der Waals surface area (Å²) in [5.74, 6) is 1.10. The molecule has 0 aliphatic carbocycles. The van der Waals surface area contributed by atoms with E-state index in [1.807, 2.05) is 0 Å². The fourth-order valence-electron chi connectivity index (χ4n) is 2.59. The summed E-state index contributed by atoms with van der Waals surface area (Å²) >= 11 is 0. The first-order valence-corrected chi connectivity index (χ1v) is 7.40. The standard InChI is InChI=1S/C16H14N2O6/c19-15(13-2-1-5-21-13)17-7-11-8-18(16(20)24-11)10-3-4-12-14(6-10)23-9-22-12/h1-6,11H,7-9H2,(H,17,19)/t11-/m0/s1. The molecule has 1 aromatic carbocycles. The molecule has 0 spiro atoms. The lowest BCUT2D eigenvalue weighted by molar-refractivity contribution is 0.0889. The van der Waals surface area contributed by atoms with Gasteiger partial charge in [0.25, 0.3) is 5.91 Å². The predicted octanol–water partition coefficient (Wildman–Crippen LogP) is 1.76. The van der Waals surface area contributed by atoms with Crippen LogP contribution in [0.4, 0.5) is 10.5 Å². The summed E-state index contributed by atoms with van der Waals surface area (Å²) in [5, 5.41) is 2.68. The second-order valence-corrected chi connectivity index (χ2v) is 5.34. The van der Waals surface area contributed by atoms with Gasteiger partial charge in [-0.05, 0) is 24.3 Å². The maximum absolute atomic E-state index is 12.1. The summed E-state index contributed by atoms with van der Waals surface area (Å²) in [6.07, 6.45) is 0.513. The van der Waals surface area contributed by atoms with Crippen LogP contribution < -0.4 is 19.7 Å². The SMILES string of the molecule is O=C(NC[C@H]1CN(c2ccc3c(c2)OCO3)C(=O)O1)c1ccco1. The first kappa shape index (κ1) is 14.4. The zero-order chi connectivity index (χ0) is 16.5. The van der Waals surface area contributed by atoms with Crippen LogP contribution in [-0.2, 0) is 4.74 Å². The van der Waals surface area contributed by atoms with Gasteiger partial charge >= 0.3 is 6.09 Å². The molecule has 24 heavy (non-hydrogen) atoms. The van der Waals surface area contributed by atoms with E-state index in [0.29, 0.717) is 23.7 Å². The molecule has 1 fully saturated rings. The molecule has 0 bridgehead atoms. The molecule has 124 valence electrons. The van der Waals surface area contributed by atoms with E-state index >= 15 is 0 Å². The van der Waals surface area contributed by atoms with E-state index in [1.165, 1.54) is 11.2 Å². The second kappa shape index (κ2) is 5.80. The number of anilines is 1. The molecule has 2 aliphatic rings. The number of benzene rings is 1. The molecule has 4 rings (SSSR count). The Bertz CT molecular complexity index is 773. The van der Waals surface area contributed by atoms with Crippen molar-refractivity contribution in [3.05, 3.63) is 42.4 Å². The zero-order valence-corrected chi connectivity index (χ0v) is 12.6. The molecule has 0 radical (unpaired) electrons. The number of hydrogen-bond acceptors (Lipinski definition) is 6. The van der Waals surface area contributed by atoms with E-state index < -0.39 is 12.2 Å². The van der Waals surface area contributed by atoms with Crippen molar-refractivity contribution in [3.8, 4) is 11.5 Å². The fourth-order valence-corrected chi connectivity index (χ4v) is 2.59. The highest BCUT2D eigenvalue weighted by Gasteiger charge is 2.33. The van der Waals surface area contributed by atoms with Crippen molar-refractivity contribution in [1.82, 2.24) is 5.32 Å². The van der Waals surface area contributed by atoms with Gasteiger partial charge < -0.3 is 23.9 Å². The molecule has 1 aromatic heterocycles. The van der Waals surface area contributed by atoms with Gasteiger partial charge in [0.1, 0.15) is 6.10 Å². The van der Waals surface area contributed by atoms with Crippen molar-refractivity contribution in [2.24, 2.45) is 0 Å². The minimum absolute atomic E-state index is 0.171. The van der Waals surface area contributed by atoms with Crippen molar-refractivity contribution < 1.29 is 28.2 Å². The van der Waals surface area contributed by atoms with Gasteiger partial charge in [0.15, 0.2) is 17.3 Å². The van der Waals surface area contributed by atoms with Crippen LogP contribution in [0.15, 0.2) is 41.0 Å². The van der Waals surface area contributed by atoms with E-state index in [0.717, 1.165) is 0 Å². The Balaban J connectivity index is 1.39. The molecule has 2 aromatic rings. The zero-order valence-electron chi connectivity index (χ0n) is 12.6. The number of amides is 2. The Labute approximate surface area is 136 Å². The van der Waals surface area contributed by atoms with E-state index in [2.05, 4.69) is 5.32 Å². The summed E-state index contributed by atoms with van der Waals surface area (Å²) in [5.41, 5.74) is 0.657. The summed E-state index contributed by atoms with van der Waals surface area (Å²) in [6.45, 7) is 0.702. The average molecular weight is 330 g/mol. The third-order valence-corrected chi connectivity index (χ3v) is 3.78. The predicted molar refractivity (Wildman–Crippen MR) is 81.2 cm³/mol. The van der Waals surface area contributed by atoms with Gasteiger partial charge in [-0.1, -0.05) is 0 Å². The molecule has 1 atom stereocenters. The Morgan fingerprint density at radius 2 is 2.12 bits per heavy atom. The van der Waals surface area contributed by atoms with E-state index in [1.54, 1.807) is 30.3 Å². The van der Waals surface area contributed by atoms with E-state index in [4.69, 9.17) is 18.6 Å². The number of ether oxygens (including phenoxy) is 3. The third kappa shape index (κ3) is 2.62. The molecule has 2 amide bonds. The highest BCUT2D eigenvalue weighted by atomic mass is 16.7. The first-order valence-electron chi connectivity index (χ1n) is 7.40. The molecule has 0 saturated carbocycles. The summed E-state index contributed by atoms with van der Waals surface area (Å²) < 4.78 is 20.9. The lowest BCUT2D eigenvalue weighted by Gasteiger charge is -2.13. The van der Waals surface area contributed by atoms with Gasteiger partial charge in [0, 0.05) is 6.07 Å². The molecule has 1 N–H and O–H groups in total. The number of fused-ring (bicyclic) bond motifs is 1. The maximum Gasteiger partial charge on any atom is 0.414 e. The maximum atomic E-state index is 12.1. The topological polar surface area (TPSA) is 90.2 Å². The highest BCUT2D eigenvalue weighted by Crippen LogP contribution is 2.36. The number of nitrogens with zero attached hydrogens (tertiary/aromatic N) is 1. The number of carbonyl (C=O) groups excluding carboxylic acids is 2. The number of hydrogen-bond donors (Lipinski definition) is 1. The number of rotatable bonds is 4. The molecule has 2 aliphatic heterocycles. The van der Waals surface area contributed by atoms with Crippen LogP contribution in [0.25, 0.3) is 0 Å². The highest BCUT2D eigenvalue weighted by molar-refractivity contribution is 5.92. The second-order valence-electron chi connectivity index (χ2n) is 5.34. The van der Waals surface area contributed by atoms with Crippen LogP contribution in [0.3, 0.4) is 0 Å². The number of nitrogens with one attached hydrogen (secondary N) is 1. The average Bonchev–Trinajstić information content (AvgIpc) is 3.32. The van der Waals surface area contributed by atoms with Crippen molar-refractivity contribution in [2.75, 3.05) is 24.8 Å². The molecule has 0 unspecified atom stereocenters. The molecule has 1 saturated heterocycles. The van der Waals surface area contributed by atoms with Crippen LogP contribution in [0, 0.1) is 0 Å². The van der Waals surface area contributed by atoms with Crippen LogP contribution in [0.5, 0.6) is 11.5 Å². The number of cyclic esters (lactones) is 1. The largest absolute Gasteiger partial charge is 0.459 e. The Hall–Kier alpha value is -3.16. The Morgan fingerprint density at radius 3 is 2.96 bits per heavy atom. The van der Waals surface area contributed by atoms with Crippen molar-refractivity contribution in [1.29, 1.82) is 0 Å². The number of furan rings is 1. The minimum Gasteiger partial charge on any atom is -0.459 e. The monoisotopic (exact) mass is 330 g/mol. The van der Waals surface area contributed by atoms with E-state index in [-0.39, 0.29) is 25.0 Å². The smallest absolute Gasteiger partial charge is 0.414 e. The molecular formula is C16H14N2O6. The summed E-state index contributed by atoms with van der Waals surface area (Å²) in [7, 11) is 0.